The minimum absolute atomic E-state index is 0.249. The predicted molar refractivity (Wildman–Crippen MR) is 54.3 cm³/mol. The number of rotatable bonds is 3. The van der Waals surface area contributed by atoms with Crippen molar-refractivity contribution in [1.29, 1.82) is 0 Å². The highest BCUT2D eigenvalue weighted by atomic mass is 35.5. The molecule has 0 aromatic heterocycles. The van der Waals surface area contributed by atoms with Gasteiger partial charge in [-0.2, -0.15) is 0 Å². The lowest BCUT2D eigenvalue weighted by molar-refractivity contribution is -0.139. The van der Waals surface area contributed by atoms with E-state index in [2.05, 4.69) is 0 Å². The number of alkyl halides is 1. The van der Waals surface area contributed by atoms with Crippen molar-refractivity contribution in [2.24, 2.45) is 0 Å². The van der Waals surface area contributed by atoms with Gasteiger partial charge in [-0.25, -0.2) is 9.18 Å². The van der Waals surface area contributed by atoms with Crippen LogP contribution in [0.3, 0.4) is 0 Å². The van der Waals surface area contributed by atoms with E-state index in [0.29, 0.717) is 11.8 Å². The molecule has 14 heavy (non-hydrogen) atoms. The molecule has 0 saturated carbocycles. The summed E-state index contributed by atoms with van der Waals surface area (Å²) in [5.41, 5.74) is 3.72. The lowest BCUT2D eigenvalue weighted by atomic mass is 10.3. The van der Waals surface area contributed by atoms with E-state index in [1.807, 2.05) is 0 Å². The van der Waals surface area contributed by atoms with Gasteiger partial charge < -0.3 is 10.8 Å². The third kappa shape index (κ3) is 2.52. The first-order valence-electron chi connectivity index (χ1n) is 3.60. The summed E-state index contributed by atoms with van der Waals surface area (Å²) in [5, 5.41) is 8.59. The fourth-order valence-electron chi connectivity index (χ4n) is 0.804. The summed E-state index contributed by atoms with van der Waals surface area (Å²) >= 11 is 6.20. The number of carbonyl (C=O) groups is 1. The largest absolute Gasteiger partial charge is 0.478 e. The van der Waals surface area contributed by atoms with Gasteiger partial charge in [0.1, 0.15) is 0 Å². The summed E-state index contributed by atoms with van der Waals surface area (Å²) < 4.78 is 12.8. The summed E-state index contributed by atoms with van der Waals surface area (Å²) in [7, 11) is 0. The van der Waals surface area contributed by atoms with Gasteiger partial charge in [-0.1, -0.05) is 29.4 Å². The molecule has 0 aliphatic carbocycles. The second-order valence-corrected chi connectivity index (χ2v) is 3.90. The van der Waals surface area contributed by atoms with E-state index >= 15 is 0 Å². The maximum atomic E-state index is 12.8. The smallest absolute Gasteiger partial charge is 0.349 e. The van der Waals surface area contributed by atoms with Crippen LogP contribution < -0.4 is 5.73 Å². The molecule has 3 nitrogen and oxygen atoms in total. The molecule has 1 atom stereocenters. The number of benzene rings is 1. The number of carboxylic acids is 1. The van der Waals surface area contributed by atoms with E-state index in [4.69, 9.17) is 22.4 Å². The summed E-state index contributed by atoms with van der Waals surface area (Å²) in [6, 6.07) is 4.66. The van der Waals surface area contributed by atoms with Gasteiger partial charge in [0.25, 0.3) is 0 Å². The Morgan fingerprint density at radius 3 is 2.79 bits per heavy atom. The molecular formula is C8H7ClFNO2S. The number of hydrogen-bond acceptors (Lipinski definition) is 3. The highest BCUT2D eigenvalue weighted by Crippen LogP contribution is 2.35. The van der Waals surface area contributed by atoms with Crippen molar-refractivity contribution in [2.45, 2.75) is 10.4 Å². The van der Waals surface area contributed by atoms with Crippen LogP contribution in [0.5, 0.6) is 0 Å². The topological polar surface area (TPSA) is 63.3 Å². The van der Waals surface area contributed by atoms with Crippen LogP contribution in [0.1, 0.15) is 0 Å². The number of halogens is 2. The highest BCUT2D eigenvalue weighted by molar-refractivity contribution is 8.00. The molecule has 0 bridgehead atoms. The van der Waals surface area contributed by atoms with Gasteiger partial charge in [-0.05, 0) is 12.1 Å². The van der Waals surface area contributed by atoms with Gasteiger partial charge in [-0.15, -0.1) is 0 Å². The van der Waals surface area contributed by atoms with Crippen LogP contribution >= 0.6 is 23.4 Å². The van der Waals surface area contributed by atoms with Gasteiger partial charge in [0, 0.05) is 5.69 Å². The second-order valence-electron chi connectivity index (χ2n) is 2.43. The average Bonchev–Trinajstić information content (AvgIpc) is 2.11. The van der Waals surface area contributed by atoms with Crippen molar-refractivity contribution in [3.8, 4) is 0 Å². The summed E-state index contributed by atoms with van der Waals surface area (Å²) in [5.74, 6) is -1.55. The van der Waals surface area contributed by atoms with Crippen molar-refractivity contribution in [2.75, 3.05) is 5.73 Å². The zero-order valence-electron chi connectivity index (χ0n) is 6.91. The van der Waals surface area contributed by atoms with Crippen LogP contribution in [-0.2, 0) is 4.79 Å². The molecule has 1 unspecified atom stereocenters. The monoisotopic (exact) mass is 235 g/mol. The minimum atomic E-state index is -2.06. The molecule has 1 aromatic carbocycles. The zero-order valence-corrected chi connectivity index (χ0v) is 8.48. The number of thioether (sulfide) groups is 1. The maximum absolute atomic E-state index is 12.8. The Bertz CT molecular complexity index is 341. The lowest BCUT2D eigenvalue weighted by Gasteiger charge is -2.07. The summed E-state index contributed by atoms with van der Waals surface area (Å²) in [6.45, 7) is 0. The van der Waals surface area contributed by atoms with Gasteiger partial charge in [0.15, 0.2) is 0 Å². The number of hydrogen-bond donors (Lipinski definition) is 2. The van der Waals surface area contributed by atoms with E-state index in [0.717, 1.165) is 0 Å². The van der Waals surface area contributed by atoms with E-state index in [9.17, 15) is 9.18 Å². The Kier molecular flexibility index (Phi) is 3.60. The highest BCUT2D eigenvalue weighted by Gasteiger charge is 2.19. The van der Waals surface area contributed by atoms with Crippen LogP contribution in [0.2, 0.25) is 5.02 Å². The van der Waals surface area contributed by atoms with E-state index < -0.39 is 11.5 Å². The molecule has 1 rings (SSSR count). The first-order valence-corrected chi connectivity index (χ1v) is 4.85. The quantitative estimate of drug-likeness (QED) is 0.624. The molecule has 0 amide bonds. The van der Waals surface area contributed by atoms with Crippen LogP contribution in [0, 0.1) is 0 Å². The van der Waals surface area contributed by atoms with Crippen LogP contribution in [0.25, 0.3) is 0 Å². The van der Waals surface area contributed by atoms with Crippen molar-refractivity contribution in [3.05, 3.63) is 23.2 Å². The van der Waals surface area contributed by atoms with E-state index in [1.54, 1.807) is 6.07 Å². The van der Waals surface area contributed by atoms with Crippen molar-refractivity contribution < 1.29 is 14.3 Å². The molecule has 3 N–H and O–H groups in total. The van der Waals surface area contributed by atoms with Crippen LogP contribution in [0.15, 0.2) is 23.1 Å². The first kappa shape index (κ1) is 11.1. The Hall–Kier alpha value is -0.940. The lowest BCUT2D eigenvalue weighted by Crippen LogP contribution is -2.10. The summed E-state index contributed by atoms with van der Waals surface area (Å²) in [6.07, 6.45) is 0. The van der Waals surface area contributed by atoms with Crippen LogP contribution in [-0.4, -0.2) is 16.6 Å². The molecule has 1 aromatic rings. The Morgan fingerprint density at radius 2 is 2.29 bits per heavy atom. The average molecular weight is 236 g/mol. The Morgan fingerprint density at radius 1 is 1.64 bits per heavy atom. The third-order valence-corrected chi connectivity index (χ3v) is 2.94. The Labute approximate surface area is 89.0 Å². The van der Waals surface area contributed by atoms with Gasteiger partial charge in [0.05, 0.1) is 9.92 Å². The maximum Gasteiger partial charge on any atom is 0.349 e. The minimum Gasteiger partial charge on any atom is -0.478 e. The van der Waals surface area contributed by atoms with E-state index in [1.165, 1.54) is 12.1 Å². The number of nitrogen functional groups attached to an aromatic ring is 1. The number of anilines is 1. The summed E-state index contributed by atoms with van der Waals surface area (Å²) in [4.78, 5) is 10.5. The van der Waals surface area contributed by atoms with E-state index in [-0.39, 0.29) is 15.6 Å². The molecule has 0 radical (unpaired) electrons. The molecule has 6 heteroatoms. The number of nitrogens with two attached hydrogens (primary N) is 1. The molecule has 0 aliphatic rings. The molecule has 0 fully saturated rings. The number of aliphatic carboxylic acids is 1. The first-order chi connectivity index (χ1) is 6.52. The molecule has 76 valence electrons. The normalized spacial score (nSPS) is 12.4. The van der Waals surface area contributed by atoms with Crippen LogP contribution in [0.4, 0.5) is 10.1 Å². The van der Waals surface area contributed by atoms with Crippen molar-refractivity contribution in [1.82, 2.24) is 0 Å². The van der Waals surface area contributed by atoms with Gasteiger partial charge >= 0.3 is 5.97 Å². The number of carboxylic acid groups (broad SMARTS) is 1. The fourth-order valence-corrected chi connectivity index (χ4v) is 1.81. The second kappa shape index (κ2) is 4.52. The predicted octanol–water partition coefficient (Wildman–Crippen LogP) is 2.39. The van der Waals surface area contributed by atoms with Crippen molar-refractivity contribution >= 4 is 35.0 Å². The SMILES string of the molecule is Nc1cccc(Cl)c1SC(F)C(=O)O. The molecular weight excluding hydrogens is 229 g/mol. The van der Waals surface area contributed by atoms with Gasteiger partial charge in [0.2, 0.25) is 5.50 Å². The Balaban J connectivity index is 2.91. The molecule has 0 spiro atoms. The molecule has 0 heterocycles. The molecule has 0 saturated heterocycles. The standard InChI is InChI=1S/C8H7ClFNO2S/c9-4-2-1-3-5(11)6(4)14-7(10)8(12)13/h1-3,7H,11H2,(H,12,13). The third-order valence-electron chi connectivity index (χ3n) is 1.41. The fraction of sp³-hybridized carbons (Fsp3) is 0.125. The zero-order chi connectivity index (χ0) is 10.7. The van der Waals surface area contributed by atoms with Crippen molar-refractivity contribution in [3.63, 3.8) is 0 Å². The van der Waals surface area contributed by atoms with Gasteiger partial charge in [-0.3, -0.25) is 0 Å². The molecule has 0 aliphatic heterocycles.